The van der Waals surface area contributed by atoms with Gasteiger partial charge in [0.2, 0.25) is 0 Å². The molecular formula is C7H15NO5. The van der Waals surface area contributed by atoms with Gasteiger partial charge in [0.15, 0.2) is 6.29 Å². The second-order valence-corrected chi connectivity index (χ2v) is 3.02. The Bertz CT molecular complexity index is 147. The Kier molecular flexibility index (Phi) is 3.60. The molecule has 1 aliphatic heterocycles. The highest BCUT2D eigenvalue weighted by molar-refractivity contribution is 4.91. The highest BCUT2D eigenvalue weighted by Crippen LogP contribution is 2.19. The maximum absolute atomic E-state index is 9.40. The van der Waals surface area contributed by atoms with Gasteiger partial charge in [0.1, 0.15) is 18.3 Å². The third kappa shape index (κ3) is 1.98. The van der Waals surface area contributed by atoms with Crippen LogP contribution in [0.2, 0.25) is 0 Å². The van der Waals surface area contributed by atoms with Gasteiger partial charge in [0, 0.05) is 7.11 Å². The molecular weight excluding hydrogens is 178 g/mol. The smallest absolute Gasteiger partial charge is 0.175 e. The molecule has 1 fully saturated rings. The third-order valence-corrected chi connectivity index (χ3v) is 2.16. The van der Waals surface area contributed by atoms with Crippen LogP contribution in [-0.2, 0) is 9.47 Å². The van der Waals surface area contributed by atoms with Crippen molar-refractivity contribution in [3.8, 4) is 0 Å². The van der Waals surface area contributed by atoms with Gasteiger partial charge in [-0.1, -0.05) is 0 Å². The van der Waals surface area contributed by atoms with Crippen molar-refractivity contribution in [1.82, 2.24) is 0 Å². The summed E-state index contributed by atoms with van der Waals surface area (Å²) in [5.74, 6) is 0. The number of nitrogens with two attached hydrogens (primary N) is 1. The number of ether oxygens (including phenoxy) is 2. The maximum Gasteiger partial charge on any atom is 0.175 e. The maximum atomic E-state index is 9.40. The largest absolute Gasteiger partial charge is 0.394 e. The number of hydrogen-bond donors (Lipinski definition) is 4. The lowest BCUT2D eigenvalue weighted by Crippen LogP contribution is -2.62. The van der Waals surface area contributed by atoms with Crippen LogP contribution in [0.15, 0.2) is 0 Å². The van der Waals surface area contributed by atoms with E-state index in [-0.39, 0.29) is 6.61 Å². The van der Waals surface area contributed by atoms with E-state index in [1.165, 1.54) is 7.11 Å². The van der Waals surface area contributed by atoms with Crippen LogP contribution in [0.25, 0.3) is 0 Å². The molecule has 1 rings (SSSR count). The second kappa shape index (κ2) is 4.32. The van der Waals surface area contributed by atoms with E-state index in [0.29, 0.717) is 0 Å². The van der Waals surface area contributed by atoms with Gasteiger partial charge in [0.25, 0.3) is 0 Å². The van der Waals surface area contributed by atoms with Crippen molar-refractivity contribution < 1.29 is 24.8 Å². The molecule has 1 saturated heterocycles. The highest BCUT2D eigenvalue weighted by Gasteiger charge is 2.42. The molecule has 13 heavy (non-hydrogen) atoms. The molecule has 0 bridgehead atoms. The Balaban J connectivity index is 2.66. The molecule has 0 aromatic rings. The van der Waals surface area contributed by atoms with E-state index in [1.807, 2.05) is 0 Å². The Labute approximate surface area is 75.9 Å². The molecule has 6 heteroatoms. The minimum absolute atomic E-state index is 0.384. The highest BCUT2D eigenvalue weighted by atomic mass is 16.7. The van der Waals surface area contributed by atoms with Crippen LogP contribution >= 0.6 is 0 Å². The molecule has 1 aliphatic rings. The van der Waals surface area contributed by atoms with Gasteiger partial charge in [0.05, 0.1) is 12.6 Å². The minimum atomic E-state index is -1.17. The standard InChI is InChI=1S/C7H15NO5/c1-12-7-4(8)6(11)5(10)3(2-9)13-7/h3-7,9-11H,2,8H2,1H3/t3-,4+,5-,6-,7+/m1/s1. The van der Waals surface area contributed by atoms with E-state index in [0.717, 1.165) is 0 Å². The Hall–Kier alpha value is -0.240. The Morgan fingerprint density at radius 2 is 2.00 bits per heavy atom. The predicted octanol–water partition coefficient (Wildman–Crippen LogP) is -2.60. The van der Waals surface area contributed by atoms with Crippen molar-refractivity contribution in [1.29, 1.82) is 0 Å². The number of methoxy groups -OCH3 is 1. The summed E-state index contributed by atoms with van der Waals surface area (Å²) < 4.78 is 9.90. The lowest BCUT2D eigenvalue weighted by atomic mass is 9.98. The summed E-state index contributed by atoms with van der Waals surface area (Å²) in [6.07, 6.45) is -3.96. The van der Waals surface area contributed by atoms with Crippen molar-refractivity contribution in [2.24, 2.45) is 5.73 Å². The van der Waals surface area contributed by atoms with E-state index in [4.69, 9.17) is 20.3 Å². The monoisotopic (exact) mass is 193 g/mol. The SMILES string of the molecule is CO[C@H]1O[C@H](CO)[C@@H](O)[C@H](O)[C@@H]1N. The Morgan fingerprint density at radius 3 is 2.46 bits per heavy atom. The molecule has 5 atom stereocenters. The summed E-state index contributed by atoms with van der Waals surface area (Å²) in [7, 11) is 1.38. The van der Waals surface area contributed by atoms with Crippen LogP contribution in [0, 0.1) is 0 Å². The summed E-state index contributed by atoms with van der Waals surface area (Å²) in [5.41, 5.74) is 5.50. The molecule has 0 saturated carbocycles. The fraction of sp³-hybridized carbons (Fsp3) is 1.00. The predicted molar refractivity (Wildman–Crippen MR) is 42.7 cm³/mol. The van der Waals surface area contributed by atoms with Gasteiger partial charge in [-0.2, -0.15) is 0 Å². The molecule has 0 aliphatic carbocycles. The van der Waals surface area contributed by atoms with Crippen LogP contribution in [0.3, 0.4) is 0 Å². The fourth-order valence-electron chi connectivity index (χ4n) is 1.32. The molecule has 0 aromatic heterocycles. The van der Waals surface area contributed by atoms with Crippen molar-refractivity contribution in [2.75, 3.05) is 13.7 Å². The first kappa shape index (κ1) is 10.8. The molecule has 0 amide bonds. The van der Waals surface area contributed by atoms with E-state index in [9.17, 15) is 10.2 Å². The van der Waals surface area contributed by atoms with Gasteiger partial charge >= 0.3 is 0 Å². The zero-order valence-corrected chi connectivity index (χ0v) is 7.33. The van der Waals surface area contributed by atoms with E-state index in [1.54, 1.807) is 0 Å². The minimum Gasteiger partial charge on any atom is -0.394 e. The summed E-state index contributed by atoms with van der Waals surface area (Å²) >= 11 is 0. The fourth-order valence-corrected chi connectivity index (χ4v) is 1.32. The average Bonchev–Trinajstić information content (AvgIpc) is 2.15. The van der Waals surface area contributed by atoms with Crippen molar-refractivity contribution in [3.05, 3.63) is 0 Å². The lowest BCUT2D eigenvalue weighted by Gasteiger charge is -2.39. The number of hydrogen-bond acceptors (Lipinski definition) is 6. The van der Waals surface area contributed by atoms with Crippen molar-refractivity contribution in [2.45, 2.75) is 30.6 Å². The number of aliphatic hydroxyl groups excluding tert-OH is 3. The van der Waals surface area contributed by atoms with Gasteiger partial charge in [-0.3, -0.25) is 0 Å². The van der Waals surface area contributed by atoms with Crippen LogP contribution in [0.4, 0.5) is 0 Å². The molecule has 1 heterocycles. The van der Waals surface area contributed by atoms with E-state index < -0.39 is 30.6 Å². The Morgan fingerprint density at radius 1 is 1.38 bits per heavy atom. The van der Waals surface area contributed by atoms with Gasteiger partial charge in [-0.25, -0.2) is 0 Å². The molecule has 6 nitrogen and oxygen atoms in total. The quantitative estimate of drug-likeness (QED) is 0.383. The zero-order chi connectivity index (χ0) is 10.0. The average molecular weight is 193 g/mol. The van der Waals surface area contributed by atoms with Crippen LogP contribution < -0.4 is 5.73 Å². The van der Waals surface area contributed by atoms with Crippen molar-refractivity contribution >= 4 is 0 Å². The molecule has 0 aromatic carbocycles. The molecule has 0 unspecified atom stereocenters. The topological polar surface area (TPSA) is 105 Å². The first-order valence-corrected chi connectivity index (χ1v) is 4.02. The number of rotatable bonds is 2. The molecule has 5 N–H and O–H groups in total. The number of aliphatic hydroxyl groups is 3. The summed E-state index contributed by atoms with van der Waals surface area (Å²) in [6, 6.07) is -0.803. The third-order valence-electron chi connectivity index (χ3n) is 2.16. The van der Waals surface area contributed by atoms with E-state index in [2.05, 4.69) is 0 Å². The summed E-state index contributed by atoms with van der Waals surface area (Å²) in [5, 5.41) is 27.5. The summed E-state index contributed by atoms with van der Waals surface area (Å²) in [6.45, 7) is -0.384. The van der Waals surface area contributed by atoms with E-state index >= 15 is 0 Å². The first-order valence-electron chi connectivity index (χ1n) is 4.02. The normalized spacial score (nSPS) is 46.4. The first-order chi connectivity index (χ1) is 6.11. The van der Waals surface area contributed by atoms with Crippen LogP contribution in [-0.4, -0.2) is 59.7 Å². The molecule has 0 radical (unpaired) electrons. The molecule has 0 spiro atoms. The van der Waals surface area contributed by atoms with Crippen LogP contribution in [0.5, 0.6) is 0 Å². The van der Waals surface area contributed by atoms with Gasteiger partial charge < -0.3 is 30.5 Å². The van der Waals surface area contributed by atoms with Gasteiger partial charge in [-0.15, -0.1) is 0 Å². The van der Waals surface area contributed by atoms with Crippen LogP contribution in [0.1, 0.15) is 0 Å². The molecule has 78 valence electrons. The summed E-state index contributed by atoms with van der Waals surface area (Å²) in [4.78, 5) is 0. The second-order valence-electron chi connectivity index (χ2n) is 3.02. The lowest BCUT2D eigenvalue weighted by molar-refractivity contribution is -0.257. The zero-order valence-electron chi connectivity index (χ0n) is 7.33. The van der Waals surface area contributed by atoms with Gasteiger partial charge in [-0.05, 0) is 0 Å². The van der Waals surface area contributed by atoms with Crippen molar-refractivity contribution in [3.63, 3.8) is 0 Å².